The number of rotatable bonds is 6. The topological polar surface area (TPSA) is 64.3 Å². The fourth-order valence-electron chi connectivity index (χ4n) is 0.793. The van der Waals surface area contributed by atoms with Gasteiger partial charge in [-0.25, -0.2) is 4.79 Å². The van der Waals surface area contributed by atoms with Crippen molar-refractivity contribution in [1.29, 1.82) is 0 Å². The Balaban J connectivity index is 3.36. The first-order valence-corrected chi connectivity index (χ1v) is 8.77. The lowest BCUT2D eigenvalue weighted by Crippen LogP contribution is -2.29. The molecule has 0 rings (SSSR count). The summed E-state index contributed by atoms with van der Waals surface area (Å²) in [5.74, 6) is 0. The fraction of sp³-hybridized carbons (Fsp3) is 0.889. The molecule has 0 aromatic rings. The van der Waals surface area contributed by atoms with Gasteiger partial charge in [-0.05, 0) is 19.0 Å². The third kappa shape index (κ3) is 9.53. The van der Waals surface area contributed by atoms with Crippen LogP contribution >= 0.6 is 0 Å². The lowest BCUT2D eigenvalue weighted by Gasteiger charge is -2.15. The van der Waals surface area contributed by atoms with E-state index in [0.717, 1.165) is 12.5 Å². The molecule has 0 aliphatic carbocycles. The zero-order chi connectivity index (χ0) is 11.0. The molecule has 14 heavy (non-hydrogen) atoms. The molecular weight excluding hydrogens is 196 g/mol. The van der Waals surface area contributed by atoms with Gasteiger partial charge in [0.2, 0.25) is 0 Å². The average Bonchev–Trinajstić information content (AvgIpc) is 2.02. The Bertz CT molecular complexity index is 169. The minimum Gasteiger partial charge on any atom is -0.450 e. The second kappa shape index (κ2) is 6.84. The molecule has 0 spiro atoms. The number of alkyl carbamates (subject to hydrolysis) is 1. The molecule has 0 aliphatic rings. The Labute approximate surface area is 87.2 Å². The molecule has 1 amide bonds. The average molecular weight is 218 g/mol. The molecular formula is C9H22N2O2Si. The molecule has 0 aromatic heterocycles. The van der Waals surface area contributed by atoms with E-state index in [2.05, 4.69) is 25.0 Å². The van der Waals surface area contributed by atoms with Crippen molar-refractivity contribution in [2.45, 2.75) is 32.1 Å². The normalized spacial score (nSPS) is 11.1. The van der Waals surface area contributed by atoms with Crippen LogP contribution in [0.1, 0.15) is 6.42 Å². The Morgan fingerprint density at radius 1 is 1.43 bits per heavy atom. The summed E-state index contributed by atoms with van der Waals surface area (Å²) in [4.78, 5) is 11.0. The van der Waals surface area contributed by atoms with Gasteiger partial charge in [0.1, 0.15) is 0 Å². The molecule has 0 aliphatic heterocycles. The standard InChI is InChI=1S/C9H22N2O2Si/c1-14(2,3)8-7-13-9(12)11-6-4-5-10/h4-8,10H2,1-3H3,(H,11,12). The van der Waals surface area contributed by atoms with E-state index >= 15 is 0 Å². The van der Waals surface area contributed by atoms with Gasteiger partial charge in [-0.2, -0.15) is 0 Å². The van der Waals surface area contributed by atoms with Gasteiger partial charge in [0, 0.05) is 14.6 Å². The lowest BCUT2D eigenvalue weighted by molar-refractivity contribution is 0.152. The smallest absolute Gasteiger partial charge is 0.407 e. The maximum atomic E-state index is 11.0. The molecule has 3 N–H and O–H groups in total. The predicted octanol–water partition coefficient (Wildman–Crippen LogP) is 1.40. The highest BCUT2D eigenvalue weighted by atomic mass is 28.3. The van der Waals surface area contributed by atoms with Crippen molar-refractivity contribution in [3.05, 3.63) is 0 Å². The SMILES string of the molecule is C[Si](C)(C)CCOC(=O)NCCCN. The van der Waals surface area contributed by atoms with Crippen LogP contribution in [0.15, 0.2) is 0 Å². The third-order valence-corrected chi connectivity index (χ3v) is 3.44. The van der Waals surface area contributed by atoms with Crippen LogP contribution < -0.4 is 11.1 Å². The van der Waals surface area contributed by atoms with Crippen LogP contribution in [0.2, 0.25) is 25.7 Å². The van der Waals surface area contributed by atoms with E-state index in [1.165, 1.54) is 0 Å². The first-order valence-electron chi connectivity index (χ1n) is 5.06. The highest BCUT2D eigenvalue weighted by Crippen LogP contribution is 2.07. The maximum absolute atomic E-state index is 11.0. The molecule has 84 valence electrons. The number of hydrogen-bond donors (Lipinski definition) is 2. The van der Waals surface area contributed by atoms with Crippen LogP contribution in [0.25, 0.3) is 0 Å². The second-order valence-corrected chi connectivity index (χ2v) is 10.1. The van der Waals surface area contributed by atoms with Crippen LogP contribution in [0, 0.1) is 0 Å². The Kier molecular flexibility index (Phi) is 6.57. The van der Waals surface area contributed by atoms with Crippen LogP contribution in [0.5, 0.6) is 0 Å². The number of nitrogens with one attached hydrogen (secondary N) is 1. The van der Waals surface area contributed by atoms with Crippen LogP contribution in [0.3, 0.4) is 0 Å². The fourth-order valence-corrected chi connectivity index (χ4v) is 1.51. The zero-order valence-corrected chi connectivity index (χ0v) is 10.4. The zero-order valence-electron chi connectivity index (χ0n) is 9.43. The van der Waals surface area contributed by atoms with E-state index in [-0.39, 0.29) is 6.09 Å². The van der Waals surface area contributed by atoms with Gasteiger partial charge >= 0.3 is 6.09 Å². The summed E-state index contributed by atoms with van der Waals surface area (Å²) in [6.07, 6.45) is 0.472. The minimum absolute atomic E-state index is 0.322. The molecule has 0 saturated heterocycles. The first kappa shape index (κ1) is 13.4. The molecule has 0 unspecified atom stereocenters. The van der Waals surface area contributed by atoms with E-state index in [9.17, 15) is 4.79 Å². The molecule has 0 heterocycles. The Morgan fingerprint density at radius 3 is 2.57 bits per heavy atom. The van der Waals surface area contributed by atoms with Crippen molar-refractivity contribution in [3.63, 3.8) is 0 Å². The van der Waals surface area contributed by atoms with Gasteiger partial charge in [0.15, 0.2) is 0 Å². The molecule has 0 bridgehead atoms. The Hall–Kier alpha value is -0.553. The molecule has 0 fully saturated rings. The van der Waals surface area contributed by atoms with Crippen LogP contribution in [-0.2, 0) is 4.74 Å². The number of amides is 1. The molecule has 0 aromatic carbocycles. The summed E-state index contributed by atoms with van der Waals surface area (Å²) in [6.45, 7) is 8.48. The summed E-state index contributed by atoms with van der Waals surface area (Å²) < 4.78 is 5.01. The largest absolute Gasteiger partial charge is 0.450 e. The number of nitrogens with two attached hydrogens (primary N) is 1. The minimum atomic E-state index is -1.09. The molecule has 0 saturated carbocycles. The van der Waals surface area contributed by atoms with Gasteiger partial charge in [-0.1, -0.05) is 19.6 Å². The molecule has 0 radical (unpaired) electrons. The monoisotopic (exact) mass is 218 g/mol. The second-order valence-electron chi connectivity index (χ2n) is 4.52. The number of carbonyl (C=O) groups is 1. The third-order valence-electron chi connectivity index (χ3n) is 1.74. The van der Waals surface area contributed by atoms with Crippen LogP contribution in [-0.4, -0.2) is 33.9 Å². The molecule has 0 atom stereocenters. The van der Waals surface area contributed by atoms with Gasteiger partial charge in [0.05, 0.1) is 6.61 Å². The van der Waals surface area contributed by atoms with Crippen LogP contribution in [0.4, 0.5) is 4.79 Å². The van der Waals surface area contributed by atoms with Gasteiger partial charge in [0.25, 0.3) is 0 Å². The van der Waals surface area contributed by atoms with Gasteiger partial charge in [-0.3, -0.25) is 0 Å². The van der Waals surface area contributed by atoms with Crippen molar-refractivity contribution < 1.29 is 9.53 Å². The first-order chi connectivity index (χ1) is 6.45. The van der Waals surface area contributed by atoms with Crippen molar-refractivity contribution in [1.82, 2.24) is 5.32 Å². The van der Waals surface area contributed by atoms with Gasteiger partial charge < -0.3 is 15.8 Å². The summed E-state index contributed by atoms with van der Waals surface area (Å²) >= 11 is 0. The van der Waals surface area contributed by atoms with Gasteiger partial charge in [-0.15, -0.1) is 0 Å². The number of hydrogen-bond acceptors (Lipinski definition) is 3. The summed E-state index contributed by atoms with van der Waals surface area (Å²) in [7, 11) is -1.09. The van der Waals surface area contributed by atoms with E-state index in [1.807, 2.05) is 0 Å². The van der Waals surface area contributed by atoms with Crippen molar-refractivity contribution in [2.24, 2.45) is 5.73 Å². The van der Waals surface area contributed by atoms with E-state index in [4.69, 9.17) is 10.5 Å². The van der Waals surface area contributed by atoms with Crippen molar-refractivity contribution in [3.8, 4) is 0 Å². The summed E-state index contributed by atoms with van der Waals surface area (Å²) in [6, 6.07) is 1.01. The lowest BCUT2D eigenvalue weighted by atomic mass is 10.4. The summed E-state index contributed by atoms with van der Waals surface area (Å²) in [5.41, 5.74) is 5.29. The number of ether oxygens (including phenoxy) is 1. The van der Waals surface area contributed by atoms with Crippen molar-refractivity contribution >= 4 is 14.2 Å². The highest BCUT2D eigenvalue weighted by Gasteiger charge is 2.13. The van der Waals surface area contributed by atoms with E-state index < -0.39 is 8.07 Å². The molecule has 4 nitrogen and oxygen atoms in total. The predicted molar refractivity (Wildman–Crippen MR) is 61.2 cm³/mol. The van der Waals surface area contributed by atoms with E-state index in [1.54, 1.807) is 0 Å². The maximum Gasteiger partial charge on any atom is 0.407 e. The Morgan fingerprint density at radius 2 is 2.07 bits per heavy atom. The van der Waals surface area contributed by atoms with Crippen molar-refractivity contribution in [2.75, 3.05) is 19.7 Å². The highest BCUT2D eigenvalue weighted by molar-refractivity contribution is 6.76. The molecule has 5 heteroatoms. The van der Waals surface area contributed by atoms with E-state index in [0.29, 0.717) is 19.7 Å². The number of carbonyl (C=O) groups excluding carboxylic acids is 1. The quantitative estimate of drug-likeness (QED) is 0.523. The summed E-state index contributed by atoms with van der Waals surface area (Å²) in [5, 5.41) is 2.64.